The molecule has 4 heteroatoms. The first-order valence-corrected chi connectivity index (χ1v) is 11.4. The summed E-state index contributed by atoms with van der Waals surface area (Å²) in [5.74, 6) is -0.0217. The van der Waals surface area contributed by atoms with Gasteiger partial charge in [0.2, 0.25) is 0 Å². The molecule has 3 nitrogen and oxygen atoms in total. The van der Waals surface area contributed by atoms with E-state index in [0.29, 0.717) is 0 Å². The maximum absolute atomic E-state index is 13.0. The molecule has 1 N–H and O–H groups in total. The number of rotatable bonds is 5. The van der Waals surface area contributed by atoms with Gasteiger partial charge in [-0.3, -0.25) is 4.79 Å². The van der Waals surface area contributed by atoms with Gasteiger partial charge < -0.3 is 17.7 Å². The van der Waals surface area contributed by atoms with Crippen LogP contribution in [0.4, 0.5) is 5.69 Å². The van der Waals surface area contributed by atoms with E-state index in [1.807, 2.05) is 36.4 Å². The van der Waals surface area contributed by atoms with Gasteiger partial charge in [-0.25, -0.2) is 4.57 Å². The van der Waals surface area contributed by atoms with Gasteiger partial charge in [-0.15, -0.1) is 0 Å². The molecule has 0 fully saturated rings. The number of anilines is 1. The number of amides is 1. The van der Waals surface area contributed by atoms with Crippen LogP contribution >= 0.6 is 0 Å². The van der Waals surface area contributed by atoms with Gasteiger partial charge in [0, 0.05) is 28.5 Å². The summed E-state index contributed by atoms with van der Waals surface area (Å²) < 4.78 is 2.16. The van der Waals surface area contributed by atoms with E-state index >= 15 is 0 Å². The van der Waals surface area contributed by atoms with Gasteiger partial charge in [0.05, 0.1) is 0 Å². The third kappa shape index (κ3) is 5.44. The van der Waals surface area contributed by atoms with Gasteiger partial charge in [-0.05, 0) is 72.4 Å². The minimum Gasteiger partial charge on any atom is -1.00 e. The molecule has 4 aromatic rings. The molecule has 0 radical (unpaired) electrons. The minimum atomic E-state index is -0.0217. The molecule has 1 aliphatic carbocycles. The summed E-state index contributed by atoms with van der Waals surface area (Å²) in [7, 11) is 0. The fourth-order valence-electron chi connectivity index (χ4n) is 4.34. The number of aryl methyl sites for hydroxylation is 2. The molecule has 1 heterocycles. The summed E-state index contributed by atoms with van der Waals surface area (Å²) in [6.45, 7) is 2.90. The van der Waals surface area contributed by atoms with Crippen molar-refractivity contribution in [2.75, 3.05) is 5.32 Å². The standard InChI is InChI=1S/C30H26N2O.ClH/c1-22-6-5-17-32(20-22)21-23-9-15-29(16-10-23)31-30(33)27-14-12-25-11-13-26(18-28(25)19-27)24-7-3-2-4-8-24;/h2-11,13,15-20H,12,14,21H2,1H3;1H. The monoisotopic (exact) mass is 466 g/mol. The smallest absolute Gasteiger partial charge is 0.251 e. The Labute approximate surface area is 207 Å². The number of benzene rings is 3. The molecule has 0 aliphatic heterocycles. The molecule has 1 amide bonds. The Hall–Kier alpha value is -3.69. The van der Waals surface area contributed by atoms with E-state index < -0.39 is 0 Å². The number of hydrogen-bond acceptors (Lipinski definition) is 1. The average Bonchev–Trinajstić information content (AvgIpc) is 2.85. The lowest BCUT2D eigenvalue weighted by Crippen LogP contribution is -3.00. The lowest BCUT2D eigenvalue weighted by Gasteiger charge is -2.17. The van der Waals surface area contributed by atoms with Crippen LogP contribution in [-0.4, -0.2) is 5.91 Å². The zero-order valence-corrected chi connectivity index (χ0v) is 19.9. The van der Waals surface area contributed by atoms with E-state index in [9.17, 15) is 4.79 Å². The third-order valence-electron chi connectivity index (χ3n) is 6.12. The van der Waals surface area contributed by atoms with E-state index in [1.165, 1.54) is 27.8 Å². The topological polar surface area (TPSA) is 33.0 Å². The van der Waals surface area contributed by atoms with Crippen LogP contribution in [0.1, 0.15) is 28.7 Å². The first kappa shape index (κ1) is 23.5. The molecular weight excluding hydrogens is 440 g/mol. The average molecular weight is 467 g/mol. The van der Waals surface area contributed by atoms with Crippen molar-refractivity contribution in [3.8, 4) is 11.1 Å². The summed E-state index contributed by atoms with van der Waals surface area (Å²) in [5.41, 5.74) is 8.88. The van der Waals surface area contributed by atoms with Crippen LogP contribution in [0.3, 0.4) is 0 Å². The second-order valence-corrected chi connectivity index (χ2v) is 8.65. The SMILES string of the molecule is Cc1ccc[n+](Cc2ccc(NC(=O)C3=Cc4cc(-c5ccccc5)ccc4CC3)cc2)c1.[Cl-]. The van der Waals surface area contributed by atoms with E-state index in [0.717, 1.165) is 36.2 Å². The number of halogens is 1. The Balaban J connectivity index is 0.00000274. The number of nitrogens with one attached hydrogen (secondary N) is 1. The maximum atomic E-state index is 13.0. The zero-order chi connectivity index (χ0) is 22.6. The van der Waals surface area contributed by atoms with Gasteiger partial charge in [0.15, 0.2) is 18.9 Å². The second kappa shape index (κ2) is 10.5. The predicted molar refractivity (Wildman–Crippen MR) is 134 cm³/mol. The molecule has 3 aromatic carbocycles. The normalized spacial score (nSPS) is 12.2. The minimum absolute atomic E-state index is 0. The van der Waals surface area contributed by atoms with Gasteiger partial charge in [0.1, 0.15) is 0 Å². The molecule has 34 heavy (non-hydrogen) atoms. The molecule has 1 aromatic heterocycles. The lowest BCUT2D eigenvalue weighted by molar-refractivity contribution is -0.688. The van der Waals surface area contributed by atoms with Crippen LogP contribution in [0.15, 0.2) is 103 Å². The summed E-state index contributed by atoms with van der Waals surface area (Å²) in [6, 6.07) is 29.2. The Morgan fingerprint density at radius 3 is 2.44 bits per heavy atom. The van der Waals surface area contributed by atoms with E-state index in [1.54, 1.807) is 0 Å². The van der Waals surface area contributed by atoms with Crippen molar-refractivity contribution in [2.24, 2.45) is 0 Å². The molecule has 0 spiro atoms. The summed E-state index contributed by atoms with van der Waals surface area (Å²) in [4.78, 5) is 13.0. The Kier molecular flexibility index (Phi) is 7.24. The molecule has 0 unspecified atom stereocenters. The van der Waals surface area contributed by atoms with Crippen molar-refractivity contribution >= 4 is 17.7 Å². The molecule has 0 bridgehead atoms. The molecule has 0 saturated heterocycles. The van der Waals surface area contributed by atoms with E-state index in [4.69, 9.17) is 0 Å². The fourth-order valence-corrected chi connectivity index (χ4v) is 4.34. The van der Waals surface area contributed by atoms with E-state index in [-0.39, 0.29) is 18.3 Å². The summed E-state index contributed by atoms with van der Waals surface area (Å²) in [6.07, 6.45) is 7.89. The van der Waals surface area contributed by atoms with Crippen LogP contribution in [-0.2, 0) is 17.8 Å². The van der Waals surface area contributed by atoms with Crippen molar-refractivity contribution in [3.63, 3.8) is 0 Å². The molecule has 5 rings (SSSR count). The highest BCUT2D eigenvalue weighted by Crippen LogP contribution is 2.29. The van der Waals surface area contributed by atoms with E-state index in [2.05, 4.69) is 83.8 Å². The molecule has 0 atom stereocenters. The van der Waals surface area contributed by atoms with Crippen LogP contribution < -0.4 is 22.3 Å². The molecule has 0 saturated carbocycles. The molecular formula is C30H27ClN2O. The quantitative estimate of drug-likeness (QED) is 0.451. The van der Waals surface area contributed by atoms with Crippen LogP contribution in [0.5, 0.6) is 0 Å². The highest BCUT2D eigenvalue weighted by Gasteiger charge is 2.17. The Bertz CT molecular complexity index is 1330. The van der Waals surface area contributed by atoms with Gasteiger partial charge in [-0.2, -0.15) is 0 Å². The molecule has 1 aliphatic rings. The first-order valence-electron chi connectivity index (χ1n) is 11.4. The number of nitrogens with zero attached hydrogens (tertiary/aromatic N) is 1. The van der Waals surface area contributed by atoms with Crippen LogP contribution in [0, 0.1) is 6.92 Å². The maximum Gasteiger partial charge on any atom is 0.251 e. The van der Waals surface area contributed by atoms with Crippen molar-refractivity contribution in [1.29, 1.82) is 0 Å². The first-order chi connectivity index (χ1) is 16.1. The summed E-state index contributed by atoms with van der Waals surface area (Å²) >= 11 is 0. The van der Waals surface area contributed by atoms with Gasteiger partial charge in [0.25, 0.3) is 5.91 Å². The zero-order valence-electron chi connectivity index (χ0n) is 19.2. The van der Waals surface area contributed by atoms with Gasteiger partial charge >= 0.3 is 0 Å². The number of hydrogen-bond donors (Lipinski definition) is 1. The number of carbonyl (C=O) groups is 1. The Morgan fingerprint density at radius 1 is 0.882 bits per heavy atom. The number of pyridine rings is 1. The third-order valence-corrected chi connectivity index (χ3v) is 6.12. The largest absolute Gasteiger partial charge is 1.00 e. The predicted octanol–water partition coefficient (Wildman–Crippen LogP) is 2.97. The van der Waals surface area contributed by atoms with Crippen LogP contribution in [0.25, 0.3) is 17.2 Å². The summed E-state index contributed by atoms with van der Waals surface area (Å²) in [5, 5.41) is 3.07. The lowest BCUT2D eigenvalue weighted by atomic mass is 9.89. The van der Waals surface area contributed by atoms with Crippen molar-refractivity contribution < 1.29 is 21.8 Å². The highest BCUT2D eigenvalue weighted by molar-refractivity contribution is 6.07. The van der Waals surface area contributed by atoms with Crippen LogP contribution in [0.2, 0.25) is 0 Å². The van der Waals surface area contributed by atoms with Crippen molar-refractivity contribution in [2.45, 2.75) is 26.3 Å². The number of aromatic nitrogens is 1. The number of carbonyl (C=O) groups excluding carboxylic acids is 1. The van der Waals surface area contributed by atoms with Crippen molar-refractivity contribution in [3.05, 3.63) is 125 Å². The van der Waals surface area contributed by atoms with Crippen molar-refractivity contribution in [1.82, 2.24) is 0 Å². The highest BCUT2D eigenvalue weighted by atomic mass is 35.5. The molecule has 170 valence electrons. The number of fused-ring (bicyclic) bond motifs is 1. The Morgan fingerprint density at radius 2 is 1.68 bits per heavy atom. The van der Waals surface area contributed by atoms with Gasteiger partial charge in [-0.1, -0.05) is 54.6 Å². The fraction of sp³-hybridized carbons (Fsp3) is 0.133. The second-order valence-electron chi connectivity index (χ2n) is 8.65.